The first-order valence-electron chi connectivity index (χ1n) is 0. The van der Waals surface area contributed by atoms with Gasteiger partial charge in [0.2, 0.25) is 0 Å². The summed E-state index contributed by atoms with van der Waals surface area (Å²) in [5.41, 5.74) is 0. The molecule has 0 rings (SSSR count). The third-order valence-corrected chi connectivity index (χ3v) is 0. The van der Waals surface area contributed by atoms with Crippen LogP contribution in [0.5, 0.6) is 0 Å². The van der Waals surface area contributed by atoms with E-state index in [-0.39, 0.29) is 100 Å². The summed E-state index contributed by atoms with van der Waals surface area (Å²) < 4.78 is 0. The maximum atomic E-state index is 0. The van der Waals surface area contributed by atoms with Crippen LogP contribution in [-0.2, 0) is 0 Å². The molecule has 0 spiro atoms. The molecule has 4 heavy (non-hydrogen) atoms. The van der Waals surface area contributed by atoms with Crippen molar-refractivity contribution in [1.82, 2.24) is 0 Å². The SMILES string of the molecule is S.[AlH3].[Ba+2].[GeH4].[H-].[H-]. The summed E-state index contributed by atoms with van der Waals surface area (Å²) in [6.07, 6.45) is 0. The van der Waals surface area contributed by atoms with E-state index in [1.54, 1.807) is 0 Å². The molecule has 0 saturated heterocycles. The standard InChI is InChI=1S/Al.Ba.GeH4.H2S.5H/h;;1H4;1H2;;;;;/q;+2;;;;;;2*-1. The van der Waals surface area contributed by atoms with Crippen LogP contribution in [0.2, 0.25) is 0 Å². The van der Waals surface area contributed by atoms with E-state index in [2.05, 4.69) is 0 Å². The molecule has 0 saturated carbocycles. The quantitative estimate of drug-likeness (QED) is 0.424. The molecule has 0 unspecified atom stereocenters. The van der Waals surface area contributed by atoms with Gasteiger partial charge in [-0.05, 0) is 0 Å². The van der Waals surface area contributed by atoms with E-state index in [4.69, 9.17) is 0 Å². The van der Waals surface area contributed by atoms with Crippen LogP contribution in [0.1, 0.15) is 2.85 Å². The van der Waals surface area contributed by atoms with Crippen LogP contribution in [0.3, 0.4) is 0 Å². The van der Waals surface area contributed by atoms with Gasteiger partial charge in [0.05, 0.1) is 0 Å². The van der Waals surface area contributed by atoms with E-state index in [1.807, 2.05) is 0 Å². The third kappa shape index (κ3) is 8.89. The van der Waals surface area contributed by atoms with E-state index in [9.17, 15) is 0 Å². The Bertz CT molecular complexity index is 13.5. The molecular formula is H11AlBaGeS. The topological polar surface area (TPSA) is 0 Å². The van der Waals surface area contributed by atoms with Crippen molar-refractivity contribution in [3.05, 3.63) is 0 Å². The average molecular weight is 280 g/mol. The van der Waals surface area contributed by atoms with E-state index < -0.39 is 0 Å². The Morgan fingerprint density at radius 1 is 1.25 bits per heavy atom. The zero-order chi connectivity index (χ0) is 0. The summed E-state index contributed by atoms with van der Waals surface area (Å²) in [7, 11) is 0. The molecule has 0 aliphatic heterocycles. The molecule has 0 atom stereocenters. The van der Waals surface area contributed by atoms with Crippen LogP contribution in [0.15, 0.2) is 0 Å². The molecule has 0 aliphatic carbocycles. The summed E-state index contributed by atoms with van der Waals surface area (Å²) in [6, 6.07) is 0. The molecule has 0 aromatic rings. The van der Waals surface area contributed by atoms with Crippen LogP contribution in [0.25, 0.3) is 0 Å². The Balaban J connectivity index is 0. The fourth-order valence-corrected chi connectivity index (χ4v) is 0. The maximum Gasteiger partial charge on any atom is -1.00 e. The molecule has 0 aromatic heterocycles. The van der Waals surface area contributed by atoms with Crippen LogP contribution >= 0.6 is 13.5 Å². The monoisotopic (exact) mass is 282 g/mol. The maximum absolute atomic E-state index is 0. The van der Waals surface area contributed by atoms with Crippen LogP contribution in [0.4, 0.5) is 0 Å². The van der Waals surface area contributed by atoms with Crippen molar-refractivity contribution in [2.45, 2.75) is 0 Å². The van der Waals surface area contributed by atoms with Crippen molar-refractivity contribution in [3.8, 4) is 0 Å². The normalized spacial score (nSPS) is 0. The van der Waals surface area contributed by atoms with Crippen LogP contribution in [-0.4, -0.2) is 83.8 Å². The van der Waals surface area contributed by atoms with Gasteiger partial charge in [-0.2, -0.15) is 13.5 Å². The minimum atomic E-state index is 0. The Morgan fingerprint density at radius 2 is 1.25 bits per heavy atom. The third-order valence-electron chi connectivity index (χ3n) is 0. The van der Waals surface area contributed by atoms with Gasteiger partial charge >= 0.3 is 66.5 Å². The average Bonchev–Trinajstić information content (AvgIpc) is 0. The van der Waals surface area contributed by atoms with Gasteiger partial charge in [0.1, 0.15) is 0 Å². The first kappa shape index (κ1) is 28.0. The Kier molecular flexibility index (Phi) is 117. The minimum absolute atomic E-state index is 0. The fraction of sp³-hybridized carbons (Fsp3) is 0. The van der Waals surface area contributed by atoms with E-state index in [0.29, 0.717) is 0 Å². The van der Waals surface area contributed by atoms with E-state index >= 15 is 0 Å². The molecular weight excluding hydrogens is 269 g/mol. The molecule has 0 bridgehead atoms. The molecule has 0 fully saturated rings. The van der Waals surface area contributed by atoms with Crippen LogP contribution in [0, 0.1) is 0 Å². The zero-order valence-electron chi connectivity index (χ0n) is 3.21. The van der Waals surface area contributed by atoms with Crippen molar-refractivity contribution in [1.29, 1.82) is 0 Å². The predicted molar refractivity (Wildman–Crippen MR) is 39.6 cm³/mol. The summed E-state index contributed by atoms with van der Waals surface area (Å²) in [5.74, 6) is 0. The van der Waals surface area contributed by atoms with Gasteiger partial charge in [0.15, 0.2) is 17.4 Å². The summed E-state index contributed by atoms with van der Waals surface area (Å²) in [5, 5.41) is 0. The predicted octanol–water partition coefficient (Wildman–Crippen LogP) is -2.68. The summed E-state index contributed by atoms with van der Waals surface area (Å²) in [6.45, 7) is 0. The minimum Gasteiger partial charge on any atom is -1.00 e. The molecule has 0 aliphatic rings. The van der Waals surface area contributed by atoms with Gasteiger partial charge in [-0.15, -0.1) is 0 Å². The molecule has 0 N–H and O–H groups in total. The van der Waals surface area contributed by atoms with Crippen molar-refractivity contribution < 1.29 is 2.85 Å². The second-order valence-electron chi connectivity index (χ2n) is 0. The van der Waals surface area contributed by atoms with Crippen molar-refractivity contribution >= 4 is 97.3 Å². The van der Waals surface area contributed by atoms with Crippen molar-refractivity contribution in [2.24, 2.45) is 0 Å². The largest absolute Gasteiger partial charge is 1.00 e. The first-order chi connectivity index (χ1) is 0. The Labute approximate surface area is 98.1 Å². The second-order valence-corrected chi connectivity index (χ2v) is 0. The van der Waals surface area contributed by atoms with Gasteiger partial charge in [-0.3, -0.25) is 0 Å². The zero-order valence-corrected chi connectivity index (χ0v) is 6.65. The molecule has 0 amide bonds. The summed E-state index contributed by atoms with van der Waals surface area (Å²) in [4.78, 5) is 0. The Hall–Kier alpha value is 3.00. The van der Waals surface area contributed by atoms with Gasteiger partial charge in [-0.25, -0.2) is 0 Å². The van der Waals surface area contributed by atoms with Crippen LogP contribution < -0.4 is 0 Å². The molecule has 0 radical (unpaired) electrons. The molecule has 0 heterocycles. The van der Waals surface area contributed by atoms with Crippen molar-refractivity contribution in [2.75, 3.05) is 0 Å². The second kappa shape index (κ2) is 16.7. The van der Waals surface area contributed by atoms with Gasteiger partial charge in [-0.1, -0.05) is 0 Å². The molecule has 0 aromatic carbocycles. The smallest absolute Gasteiger partial charge is 1.00 e. The number of hydrogen-bond donors (Lipinski definition) is 0. The van der Waals surface area contributed by atoms with Gasteiger partial charge in [0, 0.05) is 0 Å². The molecule has 4 heteroatoms. The van der Waals surface area contributed by atoms with Gasteiger partial charge < -0.3 is 2.85 Å². The first-order valence-corrected chi connectivity index (χ1v) is 0. The number of rotatable bonds is 0. The molecule has 0 nitrogen and oxygen atoms in total. The van der Waals surface area contributed by atoms with E-state index in [0.717, 1.165) is 0 Å². The fourth-order valence-electron chi connectivity index (χ4n) is 0. The van der Waals surface area contributed by atoms with Crippen molar-refractivity contribution in [3.63, 3.8) is 0 Å². The van der Waals surface area contributed by atoms with Gasteiger partial charge in [0.25, 0.3) is 0 Å². The van der Waals surface area contributed by atoms with E-state index in [1.165, 1.54) is 0 Å². The molecule has 26 valence electrons. The Morgan fingerprint density at radius 3 is 1.25 bits per heavy atom. The number of hydrogen-bond acceptors (Lipinski definition) is 0. The summed E-state index contributed by atoms with van der Waals surface area (Å²) >= 11 is 0.